The maximum Gasteiger partial charge on any atom is 0.194 e. The molecule has 4 aromatic heterocycles. The van der Waals surface area contributed by atoms with E-state index < -0.39 is 0 Å². The van der Waals surface area contributed by atoms with Gasteiger partial charge in [-0.05, 0) is 120 Å². The molecule has 1 aliphatic rings. The molecule has 0 saturated heterocycles. The fourth-order valence-electron chi connectivity index (χ4n) is 9.50. The molecule has 566 valence electrons. The number of aliphatic hydroxyl groups is 8. The number of aliphatic hydroxyl groups excluding tert-OH is 8. The third-order valence-corrected chi connectivity index (χ3v) is 14.1. The van der Waals surface area contributed by atoms with Crippen LogP contribution in [0.15, 0.2) is 128 Å². The van der Waals surface area contributed by atoms with Gasteiger partial charge >= 0.3 is 0 Å². The van der Waals surface area contributed by atoms with Crippen molar-refractivity contribution in [1.29, 1.82) is 0 Å². The topological polar surface area (TPSA) is 302 Å². The standard InChI is InChI=1S/C22H21N2O.C13H13N2O.C11H8FN2O.C11H9N2O.4C5H12O2.4Ir/c1-13-14(2)24-21(25-5)20(23-13)15-10-11-17-16-8-6-7-9-18(16)22(3,4)19(17)12-15;1-9-10(2)15-13(16-3)12(14-9)11-7-5-4-6-8-11;1-15-11-10(13-6-7-14-11)8-2-4-9(12)5-3-8;1-14-11-10(12-7-8-13-11)9-5-3-2-4-6-9;4*1-4(6)3-5(2)7;;;;/h6-9,11-12H,1-5H3;4-7H,1-3H3;2,4-7H,1H3;2-5,7-8H,1H3;4*4-7H,3H2,1-2H3;;;;/q4*-1;;;;;;;;. The number of aromatic nitrogens is 8. The molecule has 102 heavy (non-hydrogen) atoms. The quantitative estimate of drug-likeness (QED) is 0.0417. The molecule has 1 aliphatic carbocycles. The summed E-state index contributed by atoms with van der Waals surface area (Å²) in [5.74, 6) is 1.69. The van der Waals surface area contributed by atoms with Crippen LogP contribution in [0.5, 0.6) is 23.5 Å². The third-order valence-electron chi connectivity index (χ3n) is 14.1. The van der Waals surface area contributed by atoms with Crippen molar-refractivity contribution < 1.29 is 145 Å². The first-order valence-electron chi connectivity index (χ1n) is 32.1. The predicted octanol–water partition coefficient (Wildman–Crippen LogP) is 12.0. The Hall–Kier alpha value is -6.17. The Labute approximate surface area is 656 Å². The van der Waals surface area contributed by atoms with E-state index in [0.717, 1.165) is 56.5 Å². The van der Waals surface area contributed by atoms with Crippen LogP contribution in [0, 0.1) is 57.8 Å². The van der Waals surface area contributed by atoms with Crippen LogP contribution in [0.2, 0.25) is 0 Å². The van der Waals surface area contributed by atoms with Gasteiger partial charge in [0.25, 0.3) is 0 Å². The second kappa shape index (κ2) is 51.1. The SMILES string of the molecule is CC(O)CC(C)O.CC(O)CC(C)O.CC(O)CC(C)O.CC(O)CC(C)O.COc1nc(C)c(C)nc1-c1[c-]cc2c(c1)C(C)(C)c1ccccc1-2.COc1nc(C)c(C)nc1-c1[c-]cccc1.COc1nccnc1-c1[c-]cc(F)cc1.COc1nccnc1-c1[c-]cccc1.[Ir].[Ir].[Ir].[Ir]. The molecule has 4 heterocycles. The molecule has 20 nitrogen and oxygen atoms in total. The van der Waals surface area contributed by atoms with Gasteiger partial charge in [-0.25, -0.2) is 19.9 Å². The third kappa shape index (κ3) is 34.2. The molecule has 0 fully saturated rings. The van der Waals surface area contributed by atoms with Gasteiger partial charge in [-0.15, -0.1) is 131 Å². The van der Waals surface area contributed by atoms with Crippen molar-refractivity contribution in [3.63, 3.8) is 0 Å². The molecule has 4 radical (unpaired) electrons. The number of benzene rings is 5. The molecular formula is C77H99FIr4N8O12-4. The van der Waals surface area contributed by atoms with Crippen LogP contribution in [0.1, 0.15) is 129 Å². The average molecular weight is 2120 g/mol. The van der Waals surface area contributed by atoms with Crippen LogP contribution in [-0.4, -0.2) is 158 Å². The molecule has 0 amide bonds. The summed E-state index contributed by atoms with van der Waals surface area (Å²) >= 11 is 0. The van der Waals surface area contributed by atoms with E-state index in [9.17, 15) is 4.39 Å². The monoisotopic (exact) mass is 2120 g/mol. The van der Waals surface area contributed by atoms with Gasteiger partial charge in [0, 0.05) is 145 Å². The molecule has 9 aromatic rings. The van der Waals surface area contributed by atoms with Gasteiger partial charge in [0.15, 0.2) is 23.5 Å². The van der Waals surface area contributed by atoms with E-state index in [0.29, 0.717) is 60.5 Å². The minimum Gasteiger partial charge on any atom is -0.486 e. The Morgan fingerprint density at radius 3 is 1.05 bits per heavy atom. The molecule has 0 saturated carbocycles. The number of rotatable bonds is 16. The summed E-state index contributed by atoms with van der Waals surface area (Å²) in [4.78, 5) is 34.5. The first-order chi connectivity index (χ1) is 46.4. The van der Waals surface area contributed by atoms with Crippen molar-refractivity contribution in [3.05, 3.63) is 192 Å². The summed E-state index contributed by atoms with van der Waals surface area (Å²) in [6.45, 7) is 25.6. The summed E-state index contributed by atoms with van der Waals surface area (Å²) in [6, 6.07) is 44.7. The summed E-state index contributed by atoms with van der Waals surface area (Å²) in [6.07, 6.45) is 5.21. The number of nitrogens with zero attached hydrogens (tertiary/aromatic N) is 8. The van der Waals surface area contributed by atoms with Gasteiger partial charge in [0.05, 0.1) is 88.7 Å². The molecular weight excluding hydrogens is 2020 g/mol. The molecule has 10 rings (SSSR count). The molecule has 8 N–H and O–H groups in total. The van der Waals surface area contributed by atoms with Crippen molar-refractivity contribution in [2.75, 3.05) is 28.4 Å². The Kier molecular flexibility index (Phi) is 49.0. The Bertz CT molecular complexity index is 3670. The maximum atomic E-state index is 12.7. The van der Waals surface area contributed by atoms with E-state index in [4.69, 9.17) is 64.8 Å². The van der Waals surface area contributed by atoms with E-state index in [-0.39, 0.29) is 140 Å². The maximum absolute atomic E-state index is 12.7. The van der Waals surface area contributed by atoms with Crippen LogP contribution in [0.4, 0.5) is 4.39 Å². The van der Waals surface area contributed by atoms with Crippen LogP contribution >= 0.6 is 0 Å². The second-order valence-electron chi connectivity index (χ2n) is 23.9. The van der Waals surface area contributed by atoms with E-state index in [1.807, 2.05) is 76.2 Å². The zero-order valence-electron chi connectivity index (χ0n) is 61.1. The van der Waals surface area contributed by atoms with Gasteiger partial charge in [-0.1, -0.05) is 49.2 Å². The molecule has 25 heteroatoms. The van der Waals surface area contributed by atoms with Crippen LogP contribution in [0.3, 0.4) is 0 Å². The van der Waals surface area contributed by atoms with E-state index in [1.54, 1.807) is 101 Å². The van der Waals surface area contributed by atoms with Crippen molar-refractivity contribution in [3.8, 4) is 79.7 Å². The van der Waals surface area contributed by atoms with Gasteiger partial charge in [-0.2, -0.15) is 0 Å². The van der Waals surface area contributed by atoms with Gasteiger partial charge in [0.1, 0.15) is 0 Å². The van der Waals surface area contributed by atoms with Crippen molar-refractivity contribution in [1.82, 2.24) is 39.9 Å². The van der Waals surface area contributed by atoms with Gasteiger partial charge in [0.2, 0.25) is 0 Å². The minimum absolute atomic E-state index is 0. The fraction of sp³-hybridized carbons (Fsp3) is 0.403. The zero-order valence-corrected chi connectivity index (χ0v) is 70.7. The second-order valence-corrected chi connectivity index (χ2v) is 23.9. The average Bonchev–Trinajstić information content (AvgIpc) is 1.58. The largest absolute Gasteiger partial charge is 0.486 e. The van der Waals surface area contributed by atoms with Crippen LogP contribution in [-0.2, 0) is 85.8 Å². The van der Waals surface area contributed by atoms with E-state index in [2.05, 4.69) is 109 Å². The van der Waals surface area contributed by atoms with Crippen molar-refractivity contribution in [2.24, 2.45) is 0 Å². The van der Waals surface area contributed by atoms with Crippen LogP contribution < -0.4 is 18.9 Å². The summed E-state index contributed by atoms with van der Waals surface area (Å²) in [7, 11) is 6.33. The fourth-order valence-corrected chi connectivity index (χ4v) is 9.50. The molecule has 8 atom stereocenters. The summed E-state index contributed by atoms with van der Waals surface area (Å²) in [5, 5.41) is 68.5. The number of fused-ring (bicyclic) bond motifs is 3. The molecule has 0 spiro atoms. The Morgan fingerprint density at radius 2 is 0.706 bits per heavy atom. The molecule has 8 unspecified atom stereocenters. The Balaban J connectivity index is 0. The molecule has 0 aliphatic heterocycles. The normalized spacial score (nSPS) is 13.0. The molecule has 5 aromatic carbocycles. The van der Waals surface area contributed by atoms with E-state index in [1.165, 1.54) is 47.7 Å². The molecule has 0 bridgehead atoms. The summed E-state index contributed by atoms with van der Waals surface area (Å²) < 4.78 is 33.6. The first-order valence-corrected chi connectivity index (χ1v) is 32.1. The smallest absolute Gasteiger partial charge is 0.194 e. The van der Waals surface area contributed by atoms with Crippen molar-refractivity contribution >= 4 is 0 Å². The predicted molar refractivity (Wildman–Crippen MR) is 380 cm³/mol. The van der Waals surface area contributed by atoms with Crippen LogP contribution in [0.25, 0.3) is 56.2 Å². The number of ether oxygens (including phenoxy) is 4. The number of methoxy groups -OCH3 is 4. The number of halogens is 1. The Morgan fingerprint density at radius 1 is 0.373 bits per heavy atom. The summed E-state index contributed by atoms with van der Waals surface area (Å²) in [5.41, 5.74) is 14.9. The number of aryl methyl sites for hydroxylation is 4. The van der Waals surface area contributed by atoms with Gasteiger partial charge in [-0.3, -0.25) is 24.3 Å². The first kappa shape index (κ1) is 97.9. The number of hydrogen-bond acceptors (Lipinski definition) is 20. The minimum atomic E-state index is -0.375. The number of hydrogen-bond donors (Lipinski definition) is 8. The van der Waals surface area contributed by atoms with Gasteiger partial charge < -0.3 is 59.8 Å². The van der Waals surface area contributed by atoms with E-state index >= 15 is 0 Å². The van der Waals surface area contributed by atoms with Crippen molar-refractivity contribution in [2.45, 2.75) is 177 Å². The zero-order chi connectivity index (χ0) is 73.2.